The molecule has 0 amide bonds. The van der Waals surface area contributed by atoms with E-state index in [1.807, 2.05) is 12.1 Å². The molecule has 1 N–H and O–H groups in total. The minimum Gasteiger partial charge on any atom is -0.478 e. The van der Waals surface area contributed by atoms with Crippen molar-refractivity contribution in [3.8, 4) is 0 Å². The van der Waals surface area contributed by atoms with E-state index in [9.17, 15) is 9.18 Å². The molecule has 27 heavy (non-hydrogen) atoms. The van der Waals surface area contributed by atoms with Gasteiger partial charge < -0.3 is 5.11 Å². The Morgan fingerprint density at radius 1 is 1.11 bits per heavy atom. The Morgan fingerprint density at radius 3 is 2.30 bits per heavy atom. The zero-order valence-corrected chi connectivity index (χ0v) is 17.0. The number of benzene rings is 2. The highest BCUT2D eigenvalue weighted by molar-refractivity contribution is 6.92. The van der Waals surface area contributed by atoms with Crippen LogP contribution < -0.4 is 5.19 Å². The van der Waals surface area contributed by atoms with Crippen molar-refractivity contribution in [2.75, 3.05) is 0 Å². The first-order valence-electron chi connectivity index (χ1n) is 10.0. The van der Waals surface area contributed by atoms with Gasteiger partial charge in [-0.15, -0.1) is 0 Å². The van der Waals surface area contributed by atoms with Crippen LogP contribution in [0.3, 0.4) is 0 Å². The molecule has 2 aromatic rings. The van der Waals surface area contributed by atoms with Crippen LogP contribution in [-0.4, -0.2) is 25.3 Å². The summed E-state index contributed by atoms with van der Waals surface area (Å²) in [5, 5.41) is 10.6. The lowest BCUT2D eigenvalue weighted by atomic mass is 9.93. The fourth-order valence-corrected chi connectivity index (χ4v) is 9.80. The Bertz CT molecular complexity index is 735. The molecule has 0 aromatic heterocycles. The fourth-order valence-electron chi connectivity index (χ4n) is 4.60. The van der Waals surface area contributed by atoms with Gasteiger partial charge in [0.1, 0.15) is 0 Å². The maximum absolute atomic E-state index is 13.3. The molecule has 0 aliphatic carbocycles. The number of rotatable bonds is 7. The van der Waals surface area contributed by atoms with Gasteiger partial charge in [-0.05, 0) is 49.8 Å². The maximum Gasteiger partial charge on any atom is 0.335 e. The lowest BCUT2D eigenvalue weighted by molar-refractivity contribution is 0.0697. The van der Waals surface area contributed by atoms with E-state index in [2.05, 4.69) is 30.3 Å². The predicted molar refractivity (Wildman–Crippen MR) is 111 cm³/mol. The number of aromatic carboxylic acids is 1. The second-order valence-electron chi connectivity index (χ2n) is 8.02. The number of hydrogen-bond donors (Lipinski definition) is 1. The van der Waals surface area contributed by atoms with Crippen molar-refractivity contribution in [2.45, 2.75) is 62.8 Å². The van der Waals surface area contributed by atoms with Crippen molar-refractivity contribution in [1.29, 1.82) is 0 Å². The number of halogens is 1. The summed E-state index contributed by atoms with van der Waals surface area (Å²) in [6, 6.07) is 22.0. The van der Waals surface area contributed by atoms with Gasteiger partial charge in [-0.2, -0.15) is 0 Å². The third-order valence-corrected chi connectivity index (χ3v) is 11.6. The Balaban J connectivity index is 1.72. The van der Waals surface area contributed by atoms with E-state index >= 15 is 0 Å². The molecule has 1 unspecified atom stereocenters. The number of carboxylic acids is 1. The summed E-state index contributed by atoms with van der Waals surface area (Å²) in [7, 11) is -1.59. The first-order chi connectivity index (χ1) is 13.0. The quantitative estimate of drug-likeness (QED) is 0.617. The van der Waals surface area contributed by atoms with Crippen LogP contribution in [-0.2, 0) is 0 Å². The minimum absolute atomic E-state index is 0.350. The topological polar surface area (TPSA) is 37.3 Å². The SMILES string of the molecule is CC(F)CCC[Si]1(c2ccccc2)CCC(c2ccc(C(=O)O)cc2)CC1. The molecule has 2 nitrogen and oxygen atoms in total. The summed E-state index contributed by atoms with van der Waals surface area (Å²) in [5.41, 5.74) is 1.61. The number of carbonyl (C=O) groups is 1. The van der Waals surface area contributed by atoms with Crippen molar-refractivity contribution in [1.82, 2.24) is 0 Å². The van der Waals surface area contributed by atoms with Crippen LogP contribution >= 0.6 is 0 Å². The van der Waals surface area contributed by atoms with Crippen molar-refractivity contribution >= 4 is 19.2 Å². The minimum atomic E-state index is -1.59. The van der Waals surface area contributed by atoms with Crippen LogP contribution in [0.15, 0.2) is 54.6 Å². The molecule has 0 spiro atoms. The van der Waals surface area contributed by atoms with Gasteiger partial charge in [-0.25, -0.2) is 9.18 Å². The molecule has 4 heteroatoms. The van der Waals surface area contributed by atoms with Crippen molar-refractivity contribution in [2.24, 2.45) is 0 Å². The van der Waals surface area contributed by atoms with Gasteiger partial charge in [0.25, 0.3) is 0 Å². The summed E-state index contributed by atoms with van der Waals surface area (Å²) in [6.45, 7) is 1.66. The monoisotopic (exact) mass is 384 g/mol. The zero-order chi connectivity index (χ0) is 19.3. The van der Waals surface area contributed by atoms with E-state index in [1.165, 1.54) is 28.9 Å². The van der Waals surface area contributed by atoms with E-state index in [4.69, 9.17) is 5.11 Å². The van der Waals surface area contributed by atoms with Gasteiger partial charge in [0.05, 0.1) is 19.8 Å². The summed E-state index contributed by atoms with van der Waals surface area (Å²) < 4.78 is 13.3. The normalized spacial score (nSPS) is 23.7. The third kappa shape index (κ3) is 4.86. The average Bonchev–Trinajstić information content (AvgIpc) is 2.69. The molecule has 1 aliphatic heterocycles. The second-order valence-corrected chi connectivity index (χ2v) is 12.7. The molecule has 1 fully saturated rings. The summed E-state index contributed by atoms with van der Waals surface area (Å²) in [4.78, 5) is 11.1. The Hall–Kier alpha value is -1.94. The highest BCUT2D eigenvalue weighted by Crippen LogP contribution is 2.41. The Kier molecular flexibility index (Phi) is 6.48. The number of alkyl halides is 1. The lowest BCUT2D eigenvalue weighted by Gasteiger charge is -2.39. The van der Waals surface area contributed by atoms with Gasteiger partial charge in [0.15, 0.2) is 0 Å². The van der Waals surface area contributed by atoms with Crippen molar-refractivity contribution < 1.29 is 14.3 Å². The van der Waals surface area contributed by atoms with Crippen LogP contribution in [0.4, 0.5) is 4.39 Å². The molecule has 144 valence electrons. The molecule has 0 radical (unpaired) electrons. The van der Waals surface area contributed by atoms with Crippen LogP contribution in [0, 0.1) is 0 Å². The molecule has 0 saturated carbocycles. The highest BCUT2D eigenvalue weighted by atomic mass is 28.3. The van der Waals surface area contributed by atoms with E-state index in [-0.39, 0.29) is 0 Å². The van der Waals surface area contributed by atoms with E-state index in [0.717, 1.165) is 19.3 Å². The van der Waals surface area contributed by atoms with Crippen LogP contribution in [0.1, 0.15) is 54.4 Å². The standard InChI is InChI=1S/C23H29FO2Si/c1-18(24)6-5-15-27(22-7-3-2-4-8-22)16-13-20(14-17-27)19-9-11-21(12-10-19)23(25)26/h2-4,7-12,18,20H,5-6,13-17H2,1H3,(H,25,26). The molecule has 1 heterocycles. The first kappa shape index (κ1) is 19.8. The van der Waals surface area contributed by atoms with E-state index in [0.29, 0.717) is 17.9 Å². The predicted octanol–water partition coefficient (Wildman–Crippen LogP) is 5.76. The van der Waals surface area contributed by atoms with E-state index in [1.54, 1.807) is 19.1 Å². The Morgan fingerprint density at radius 2 is 1.74 bits per heavy atom. The van der Waals surface area contributed by atoms with E-state index < -0.39 is 20.2 Å². The molecule has 1 atom stereocenters. The van der Waals surface area contributed by atoms with Gasteiger partial charge in [0.2, 0.25) is 0 Å². The van der Waals surface area contributed by atoms with Gasteiger partial charge in [-0.1, -0.05) is 72.2 Å². The summed E-state index contributed by atoms with van der Waals surface area (Å²) in [5.74, 6) is -0.361. The van der Waals surface area contributed by atoms with Crippen molar-refractivity contribution in [3.63, 3.8) is 0 Å². The maximum atomic E-state index is 13.3. The first-order valence-corrected chi connectivity index (χ1v) is 12.7. The van der Waals surface area contributed by atoms with Crippen molar-refractivity contribution in [3.05, 3.63) is 65.7 Å². The Labute approximate surface area is 162 Å². The average molecular weight is 385 g/mol. The molecule has 1 aliphatic rings. The van der Waals surface area contributed by atoms with Crippen LogP contribution in [0.5, 0.6) is 0 Å². The second kappa shape index (κ2) is 8.83. The third-order valence-electron chi connectivity index (χ3n) is 6.22. The molecular formula is C23H29FO2Si. The van der Waals surface area contributed by atoms with Crippen LogP contribution in [0.2, 0.25) is 18.1 Å². The molecule has 1 saturated heterocycles. The zero-order valence-electron chi connectivity index (χ0n) is 16.0. The molecular weight excluding hydrogens is 355 g/mol. The number of hydrogen-bond acceptors (Lipinski definition) is 1. The number of carboxylic acid groups (broad SMARTS) is 1. The van der Waals surface area contributed by atoms with Gasteiger partial charge in [-0.3, -0.25) is 0 Å². The van der Waals surface area contributed by atoms with Gasteiger partial charge >= 0.3 is 5.97 Å². The lowest BCUT2D eigenvalue weighted by Crippen LogP contribution is -2.49. The van der Waals surface area contributed by atoms with Crippen LogP contribution in [0.25, 0.3) is 0 Å². The molecule has 0 bridgehead atoms. The fraction of sp³-hybridized carbons (Fsp3) is 0.435. The largest absolute Gasteiger partial charge is 0.478 e. The molecule has 3 rings (SSSR count). The molecule has 2 aromatic carbocycles. The summed E-state index contributed by atoms with van der Waals surface area (Å²) >= 11 is 0. The van der Waals surface area contributed by atoms with Gasteiger partial charge in [0, 0.05) is 0 Å². The highest BCUT2D eigenvalue weighted by Gasteiger charge is 2.38. The smallest absolute Gasteiger partial charge is 0.335 e. The summed E-state index contributed by atoms with van der Waals surface area (Å²) in [6.07, 6.45) is 3.24.